The number of aliphatic hydroxyl groups excluding tert-OH is 1. The van der Waals surface area contributed by atoms with E-state index in [1.807, 2.05) is 4.90 Å². The average Bonchev–Trinajstić information content (AvgIpc) is 2.72. The van der Waals surface area contributed by atoms with Crippen molar-refractivity contribution in [3.63, 3.8) is 0 Å². The second-order valence-corrected chi connectivity index (χ2v) is 8.86. The molecular weight excluding hydrogens is 425 g/mol. The summed E-state index contributed by atoms with van der Waals surface area (Å²) in [5, 5.41) is 9.72. The van der Waals surface area contributed by atoms with E-state index in [-0.39, 0.29) is 30.7 Å². The number of benzene rings is 1. The van der Waals surface area contributed by atoms with Gasteiger partial charge in [0.2, 0.25) is 5.91 Å². The SMILES string of the molecule is COc1ccc([C@H]2CCC[C@H]3[C@@H]4C[C@@H](CN(C(=O)[C@@H](N)[C@@H](C)O)C4)CN23)cc1.Cl.Cl. The van der Waals surface area contributed by atoms with Gasteiger partial charge in [0, 0.05) is 31.7 Å². The van der Waals surface area contributed by atoms with Crippen LogP contribution in [0.3, 0.4) is 0 Å². The molecule has 30 heavy (non-hydrogen) atoms. The second kappa shape index (κ2) is 10.5. The molecule has 3 saturated heterocycles. The molecule has 0 saturated carbocycles. The Labute approximate surface area is 191 Å². The maximum absolute atomic E-state index is 12.7. The van der Waals surface area contributed by atoms with E-state index in [2.05, 4.69) is 29.2 Å². The Bertz CT molecular complexity index is 703. The third-order valence-electron chi connectivity index (χ3n) is 7.00. The molecule has 3 heterocycles. The highest BCUT2D eigenvalue weighted by Gasteiger charge is 2.46. The van der Waals surface area contributed by atoms with Crippen LogP contribution in [0.2, 0.25) is 0 Å². The zero-order chi connectivity index (χ0) is 19.8. The molecule has 1 aromatic carbocycles. The molecule has 3 fully saturated rings. The topological polar surface area (TPSA) is 79.0 Å². The van der Waals surface area contributed by atoms with E-state index in [9.17, 15) is 9.90 Å². The molecule has 8 heteroatoms. The van der Waals surface area contributed by atoms with Crippen molar-refractivity contribution in [3.05, 3.63) is 29.8 Å². The second-order valence-electron chi connectivity index (χ2n) is 8.86. The smallest absolute Gasteiger partial charge is 0.242 e. The largest absolute Gasteiger partial charge is 0.497 e. The first-order valence-electron chi connectivity index (χ1n) is 10.6. The number of amides is 1. The van der Waals surface area contributed by atoms with Crippen LogP contribution < -0.4 is 10.5 Å². The van der Waals surface area contributed by atoms with Crippen molar-refractivity contribution in [1.29, 1.82) is 0 Å². The minimum absolute atomic E-state index is 0. The lowest BCUT2D eigenvalue weighted by Gasteiger charge is -2.55. The van der Waals surface area contributed by atoms with Gasteiger partial charge in [0.15, 0.2) is 0 Å². The molecule has 3 N–H and O–H groups in total. The summed E-state index contributed by atoms with van der Waals surface area (Å²) in [6.45, 7) is 4.15. The number of methoxy groups -OCH3 is 1. The lowest BCUT2D eigenvalue weighted by molar-refractivity contribution is -0.142. The number of carbonyl (C=O) groups is 1. The third kappa shape index (κ3) is 4.89. The molecule has 4 rings (SSSR count). The van der Waals surface area contributed by atoms with E-state index < -0.39 is 12.1 Å². The van der Waals surface area contributed by atoms with E-state index >= 15 is 0 Å². The normalized spacial score (nSPS) is 30.2. The van der Waals surface area contributed by atoms with Gasteiger partial charge in [-0.3, -0.25) is 9.69 Å². The number of aliphatic hydroxyl groups is 1. The molecular formula is C22H35Cl2N3O3. The summed E-state index contributed by atoms with van der Waals surface area (Å²) in [6.07, 6.45) is 4.01. The van der Waals surface area contributed by atoms with Crippen molar-refractivity contribution in [3.8, 4) is 5.75 Å². The average molecular weight is 460 g/mol. The minimum atomic E-state index is -0.812. The van der Waals surface area contributed by atoms with E-state index in [0.717, 1.165) is 25.4 Å². The van der Waals surface area contributed by atoms with E-state index in [1.165, 1.54) is 31.2 Å². The maximum atomic E-state index is 12.7. The number of hydrogen-bond donors (Lipinski definition) is 2. The zero-order valence-electron chi connectivity index (χ0n) is 17.8. The number of carbonyl (C=O) groups excluding carboxylic acids is 1. The summed E-state index contributed by atoms with van der Waals surface area (Å²) in [7, 11) is 1.70. The molecule has 0 aliphatic carbocycles. The van der Waals surface area contributed by atoms with Crippen molar-refractivity contribution >= 4 is 30.7 Å². The Morgan fingerprint density at radius 1 is 1.17 bits per heavy atom. The Morgan fingerprint density at radius 2 is 1.87 bits per heavy atom. The Balaban J connectivity index is 0.00000160. The highest BCUT2D eigenvalue weighted by molar-refractivity contribution is 5.85. The summed E-state index contributed by atoms with van der Waals surface area (Å²) in [5.74, 6) is 1.79. The van der Waals surface area contributed by atoms with Crippen LogP contribution >= 0.6 is 24.8 Å². The summed E-state index contributed by atoms with van der Waals surface area (Å²) in [4.78, 5) is 17.3. The molecule has 1 aromatic rings. The fraction of sp³-hybridized carbons (Fsp3) is 0.682. The fourth-order valence-electron chi connectivity index (χ4n) is 5.59. The highest BCUT2D eigenvalue weighted by atomic mass is 35.5. The molecule has 170 valence electrons. The minimum Gasteiger partial charge on any atom is -0.497 e. The predicted octanol–water partition coefficient (Wildman–Crippen LogP) is 2.62. The predicted molar refractivity (Wildman–Crippen MR) is 122 cm³/mol. The number of nitrogens with two attached hydrogens (primary N) is 1. The number of nitrogens with zero attached hydrogens (tertiary/aromatic N) is 2. The lowest BCUT2D eigenvalue weighted by Crippen LogP contribution is -2.62. The van der Waals surface area contributed by atoms with Gasteiger partial charge in [-0.1, -0.05) is 12.1 Å². The molecule has 0 spiro atoms. The molecule has 3 aliphatic rings. The first-order chi connectivity index (χ1) is 13.5. The van der Waals surface area contributed by atoms with Crippen LogP contribution in [0.5, 0.6) is 5.75 Å². The Kier molecular flexibility index (Phi) is 8.83. The van der Waals surface area contributed by atoms with Gasteiger partial charge >= 0.3 is 0 Å². The van der Waals surface area contributed by atoms with Crippen molar-refractivity contribution < 1.29 is 14.6 Å². The van der Waals surface area contributed by atoms with Crippen LogP contribution in [-0.2, 0) is 4.79 Å². The zero-order valence-corrected chi connectivity index (χ0v) is 19.4. The van der Waals surface area contributed by atoms with Gasteiger partial charge < -0.3 is 20.5 Å². The summed E-state index contributed by atoms with van der Waals surface area (Å²) in [6, 6.07) is 8.69. The number of ether oxygens (including phenoxy) is 1. The Morgan fingerprint density at radius 3 is 2.50 bits per heavy atom. The molecule has 0 radical (unpaired) electrons. The van der Waals surface area contributed by atoms with Gasteiger partial charge in [-0.05, 0) is 62.1 Å². The van der Waals surface area contributed by atoms with E-state index in [4.69, 9.17) is 10.5 Å². The van der Waals surface area contributed by atoms with Gasteiger partial charge in [0.25, 0.3) is 0 Å². The molecule has 6 atom stereocenters. The molecule has 2 bridgehead atoms. The summed E-state index contributed by atoms with van der Waals surface area (Å²) < 4.78 is 5.31. The highest BCUT2D eigenvalue weighted by Crippen LogP contribution is 2.44. The monoisotopic (exact) mass is 459 g/mol. The van der Waals surface area contributed by atoms with Crippen LogP contribution in [-0.4, -0.2) is 65.7 Å². The standard InChI is InChI=1S/C22H33N3O3.2ClH/c1-14(26)21(23)22(27)24-11-15-10-17(13-24)20-5-3-4-19(25(20)12-15)16-6-8-18(28-2)9-7-16;;/h6-9,14-15,17,19-21,26H,3-5,10-13,23H2,1-2H3;2*1H/t14-,15+,17-,19-,20+,21+;;/m1../s1. The van der Waals surface area contributed by atoms with Crippen molar-refractivity contribution in [2.75, 3.05) is 26.7 Å². The molecule has 6 nitrogen and oxygen atoms in total. The number of likely N-dealkylation sites (tertiary alicyclic amines) is 1. The first kappa shape index (κ1) is 25.2. The van der Waals surface area contributed by atoms with E-state index in [1.54, 1.807) is 14.0 Å². The fourth-order valence-corrected chi connectivity index (χ4v) is 5.59. The molecule has 1 amide bonds. The molecule has 0 unspecified atom stereocenters. The Hall–Kier alpha value is -1.05. The quantitative estimate of drug-likeness (QED) is 0.723. The van der Waals surface area contributed by atoms with Gasteiger partial charge in [0.1, 0.15) is 11.8 Å². The van der Waals surface area contributed by atoms with E-state index in [0.29, 0.717) is 23.9 Å². The number of fused-ring (bicyclic) bond motifs is 4. The lowest BCUT2D eigenvalue weighted by atomic mass is 9.73. The van der Waals surface area contributed by atoms with Crippen molar-refractivity contribution in [2.24, 2.45) is 17.6 Å². The number of halogens is 2. The first-order valence-corrected chi connectivity index (χ1v) is 10.6. The summed E-state index contributed by atoms with van der Waals surface area (Å²) >= 11 is 0. The van der Waals surface area contributed by atoms with Gasteiger partial charge in [-0.15, -0.1) is 24.8 Å². The van der Waals surface area contributed by atoms with Gasteiger partial charge in [-0.2, -0.15) is 0 Å². The number of piperidine rings is 3. The number of hydrogen-bond acceptors (Lipinski definition) is 5. The summed E-state index contributed by atoms with van der Waals surface area (Å²) in [5.41, 5.74) is 7.30. The van der Waals surface area contributed by atoms with Crippen LogP contribution in [0, 0.1) is 11.8 Å². The maximum Gasteiger partial charge on any atom is 0.242 e. The van der Waals surface area contributed by atoms with Gasteiger partial charge in [0.05, 0.1) is 13.2 Å². The van der Waals surface area contributed by atoms with Crippen LogP contribution in [0.15, 0.2) is 24.3 Å². The van der Waals surface area contributed by atoms with Gasteiger partial charge in [-0.25, -0.2) is 0 Å². The van der Waals surface area contributed by atoms with Crippen LogP contribution in [0.1, 0.15) is 44.2 Å². The molecule has 3 aliphatic heterocycles. The van der Waals surface area contributed by atoms with Crippen molar-refractivity contribution in [2.45, 2.75) is 56.8 Å². The number of rotatable bonds is 4. The van der Waals surface area contributed by atoms with Crippen LogP contribution in [0.25, 0.3) is 0 Å². The van der Waals surface area contributed by atoms with Crippen molar-refractivity contribution in [1.82, 2.24) is 9.80 Å². The molecule has 0 aromatic heterocycles. The third-order valence-corrected chi connectivity index (χ3v) is 7.00. The van der Waals surface area contributed by atoms with Crippen LogP contribution in [0.4, 0.5) is 0 Å².